The van der Waals surface area contributed by atoms with Crippen LogP contribution in [0, 0.1) is 0 Å². The van der Waals surface area contributed by atoms with Crippen molar-refractivity contribution in [3.05, 3.63) is 77.5 Å². The molecule has 27 heavy (non-hydrogen) atoms. The number of hydrogen-bond acceptors (Lipinski definition) is 3. The van der Waals surface area contributed by atoms with E-state index in [1.807, 2.05) is 67.7 Å². The molecule has 0 bridgehead atoms. The van der Waals surface area contributed by atoms with E-state index in [0.29, 0.717) is 11.1 Å². The predicted molar refractivity (Wildman–Crippen MR) is 106 cm³/mol. The SMILES string of the molecule is CN(C)C=C(C(=O)c1ccc(C2(NC(=O)O)CCC2)cc1)c1ccccc1. The Labute approximate surface area is 159 Å². The lowest BCUT2D eigenvalue weighted by atomic mass is 9.71. The number of nitrogens with one attached hydrogen (secondary N) is 1. The molecule has 2 aromatic carbocycles. The fourth-order valence-electron chi connectivity index (χ4n) is 3.46. The third kappa shape index (κ3) is 4.03. The van der Waals surface area contributed by atoms with E-state index >= 15 is 0 Å². The summed E-state index contributed by atoms with van der Waals surface area (Å²) in [6.45, 7) is 0. The van der Waals surface area contributed by atoms with Crippen molar-refractivity contribution < 1.29 is 14.7 Å². The van der Waals surface area contributed by atoms with Gasteiger partial charge in [0.15, 0.2) is 5.78 Å². The van der Waals surface area contributed by atoms with Crippen LogP contribution in [0.4, 0.5) is 4.79 Å². The first-order valence-corrected chi connectivity index (χ1v) is 9.01. The van der Waals surface area contributed by atoms with Crippen molar-refractivity contribution in [2.75, 3.05) is 14.1 Å². The molecule has 5 heteroatoms. The highest BCUT2D eigenvalue weighted by Crippen LogP contribution is 2.41. The zero-order valence-corrected chi connectivity index (χ0v) is 15.6. The Hall–Kier alpha value is -3.08. The normalized spacial score (nSPS) is 15.6. The monoisotopic (exact) mass is 364 g/mol. The number of nitrogens with zero attached hydrogens (tertiary/aromatic N) is 1. The highest BCUT2D eigenvalue weighted by Gasteiger charge is 2.40. The van der Waals surface area contributed by atoms with Crippen LogP contribution in [0.2, 0.25) is 0 Å². The standard InChI is InChI=1S/C22H24N2O3/c1-24(2)15-19(16-7-4-3-5-8-16)20(25)17-9-11-18(12-10-17)22(13-6-14-22)23-21(26)27/h3-5,7-12,15,23H,6,13-14H2,1-2H3,(H,26,27). The summed E-state index contributed by atoms with van der Waals surface area (Å²) in [6, 6.07) is 16.9. The molecule has 0 heterocycles. The molecule has 0 aliphatic heterocycles. The van der Waals surface area contributed by atoms with Crippen molar-refractivity contribution in [1.82, 2.24) is 10.2 Å². The summed E-state index contributed by atoms with van der Waals surface area (Å²) >= 11 is 0. The first-order valence-electron chi connectivity index (χ1n) is 9.01. The Morgan fingerprint density at radius 1 is 1.00 bits per heavy atom. The van der Waals surface area contributed by atoms with E-state index in [1.54, 1.807) is 12.1 Å². The van der Waals surface area contributed by atoms with Crippen molar-refractivity contribution in [2.24, 2.45) is 0 Å². The van der Waals surface area contributed by atoms with Gasteiger partial charge in [0.2, 0.25) is 0 Å². The van der Waals surface area contributed by atoms with Crippen LogP contribution >= 0.6 is 0 Å². The Kier molecular flexibility index (Phi) is 5.31. The Morgan fingerprint density at radius 2 is 1.63 bits per heavy atom. The molecule has 1 fully saturated rings. The summed E-state index contributed by atoms with van der Waals surface area (Å²) in [7, 11) is 3.77. The van der Waals surface area contributed by atoms with Gasteiger partial charge < -0.3 is 15.3 Å². The van der Waals surface area contributed by atoms with Gasteiger partial charge in [0.1, 0.15) is 0 Å². The van der Waals surface area contributed by atoms with Gasteiger partial charge in [-0.15, -0.1) is 0 Å². The number of allylic oxidation sites excluding steroid dienone is 1. The lowest BCUT2D eigenvalue weighted by molar-refractivity contribution is 0.105. The molecule has 0 atom stereocenters. The summed E-state index contributed by atoms with van der Waals surface area (Å²) in [4.78, 5) is 26.1. The average Bonchev–Trinajstić information content (AvgIpc) is 2.63. The molecule has 5 nitrogen and oxygen atoms in total. The fourth-order valence-corrected chi connectivity index (χ4v) is 3.46. The van der Waals surface area contributed by atoms with Crippen molar-refractivity contribution in [2.45, 2.75) is 24.8 Å². The van der Waals surface area contributed by atoms with Crippen LogP contribution < -0.4 is 5.32 Å². The van der Waals surface area contributed by atoms with Crippen molar-refractivity contribution >= 4 is 17.4 Å². The van der Waals surface area contributed by atoms with Crippen molar-refractivity contribution in [3.63, 3.8) is 0 Å². The summed E-state index contributed by atoms with van der Waals surface area (Å²) in [5.74, 6) is -0.0599. The lowest BCUT2D eigenvalue weighted by Gasteiger charge is -2.42. The molecule has 1 saturated carbocycles. The Bertz CT molecular complexity index is 851. The number of carbonyl (C=O) groups is 2. The molecule has 0 saturated heterocycles. The number of rotatable bonds is 6. The van der Waals surface area contributed by atoms with E-state index in [4.69, 9.17) is 5.11 Å². The van der Waals surface area contributed by atoms with Crippen LogP contribution in [0.3, 0.4) is 0 Å². The smallest absolute Gasteiger partial charge is 0.405 e. The third-order valence-electron chi connectivity index (χ3n) is 4.97. The summed E-state index contributed by atoms with van der Waals surface area (Å²) in [5.41, 5.74) is 2.46. The minimum atomic E-state index is -1.02. The minimum Gasteiger partial charge on any atom is -0.465 e. The van der Waals surface area contributed by atoms with Crippen LogP contribution in [-0.2, 0) is 5.54 Å². The van der Waals surface area contributed by atoms with E-state index in [1.165, 1.54) is 0 Å². The molecular formula is C22H24N2O3. The predicted octanol–water partition coefficient (Wildman–Crippen LogP) is 4.12. The molecule has 2 N–H and O–H groups in total. The largest absolute Gasteiger partial charge is 0.465 e. The molecule has 2 aromatic rings. The quantitative estimate of drug-likeness (QED) is 0.598. The highest BCUT2D eigenvalue weighted by atomic mass is 16.4. The number of Topliss-reactive ketones (excluding diaryl/α,β-unsaturated/α-hetero) is 1. The second kappa shape index (κ2) is 7.66. The molecule has 1 aliphatic carbocycles. The minimum absolute atomic E-state index is 0.0599. The fraction of sp³-hybridized carbons (Fsp3) is 0.273. The van der Waals surface area contributed by atoms with Gasteiger partial charge >= 0.3 is 6.09 Å². The Balaban J connectivity index is 1.89. The van der Waals surface area contributed by atoms with E-state index in [-0.39, 0.29) is 5.78 Å². The number of hydrogen-bond donors (Lipinski definition) is 2. The number of carbonyl (C=O) groups excluding carboxylic acids is 1. The highest BCUT2D eigenvalue weighted by molar-refractivity contribution is 6.28. The van der Waals surface area contributed by atoms with Crippen LogP contribution in [0.5, 0.6) is 0 Å². The maximum Gasteiger partial charge on any atom is 0.405 e. The molecule has 0 radical (unpaired) electrons. The molecular weight excluding hydrogens is 340 g/mol. The molecule has 1 aliphatic rings. The summed E-state index contributed by atoms with van der Waals surface area (Å²) in [5, 5.41) is 11.8. The van der Waals surface area contributed by atoms with Gasteiger partial charge in [-0.25, -0.2) is 4.79 Å². The van der Waals surface area contributed by atoms with E-state index in [9.17, 15) is 9.59 Å². The molecule has 0 unspecified atom stereocenters. The van der Waals surface area contributed by atoms with Gasteiger partial charge in [0.25, 0.3) is 0 Å². The van der Waals surface area contributed by atoms with E-state index < -0.39 is 11.6 Å². The Morgan fingerprint density at radius 3 is 2.11 bits per heavy atom. The number of amides is 1. The van der Waals surface area contributed by atoms with Crippen LogP contribution in [0.1, 0.15) is 40.7 Å². The second-order valence-corrected chi connectivity index (χ2v) is 7.14. The van der Waals surface area contributed by atoms with Gasteiger partial charge in [-0.3, -0.25) is 4.79 Å². The maximum absolute atomic E-state index is 13.1. The molecule has 0 aromatic heterocycles. The van der Waals surface area contributed by atoms with E-state index in [2.05, 4.69) is 5.32 Å². The van der Waals surface area contributed by atoms with Crippen molar-refractivity contribution in [1.29, 1.82) is 0 Å². The summed E-state index contributed by atoms with van der Waals surface area (Å²) < 4.78 is 0. The van der Waals surface area contributed by atoms with Gasteiger partial charge in [0, 0.05) is 31.4 Å². The molecule has 3 rings (SSSR count). The topological polar surface area (TPSA) is 69.6 Å². The van der Waals surface area contributed by atoms with Crippen molar-refractivity contribution in [3.8, 4) is 0 Å². The average molecular weight is 364 g/mol. The molecule has 1 amide bonds. The zero-order valence-electron chi connectivity index (χ0n) is 15.6. The van der Waals surface area contributed by atoms with Gasteiger partial charge in [-0.2, -0.15) is 0 Å². The second-order valence-electron chi connectivity index (χ2n) is 7.14. The summed E-state index contributed by atoms with van der Waals surface area (Å²) in [6.07, 6.45) is 3.36. The lowest BCUT2D eigenvalue weighted by Crippen LogP contribution is -2.50. The third-order valence-corrected chi connectivity index (χ3v) is 4.97. The van der Waals surface area contributed by atoms with Crippen LogP contribution in [0.25, 0.3) is 5.57 Å². The van der Waals surface area contributed by atoms with Crippen LogP contribution in [-0.4, -0.2) is 36.0 Å². The zero-order chi connectivity index (χ0) is 19.4. The van der Waals surface area contributed by atoms with Gasteiger partial charge in [-0.1, -0.05) is 54.6 Å². The maximum atomic E-state index is 13.1. The molecule has 0 spiro atoms. The van der Waals surface area contributed by atoms with E-state index in [0.717, 1.165) is 30.4 Å². The number of ketones is 1. The first-order chi connectivity index (χ1) is 12.9. The molecule has 140 valence electrons. The van der Waals surface area contributed by atoms with Crippen LogP contribution in [0.15, 0.2) is 60.8 Å². The van der Waals surface area contributed by atoms with Gasteiger partial charge in [-0.05, 0) is 30.4 Å². The number of benzene rings is 2. The number of carboxylic acid groups (broad SMARTS) is 1. The first kappa shape index (κ1) is 18.7. The van der Waals surface area contributed by atoms with Gasteiger partial charge in [0.05, 0.1) is 5.54 Å².